The highest BCUT2D eigenvalue weighted by atomic mass is 32.2. The minimum atomic E-state index is -0.955. The van der Waals surface area contributed by atoms with Crippen molar-refractivity contribution in [1.82, 2.24) is 4.90 Å². The quantitative estimate of drug-likeness (QED) is 0.0508. The summed E-state index contributed by atoms with van der Waals surface area (Å²) in [5.41, 5.74) is 40.5. The van der Waals surface area contributed by atoms with Gasteiger partial charge < -0.3 is 19.3 Å². The number of rotatable bonds is 22. The molecule has 4 nitrogen and oxygen atoms in total. The molecule has 0 bridgehead atoms. The van der Waals surface area contributed by atoms with Crippen LogP contribution in [0.4, 0.5) is 23.2 Å². The first kappa shape index (κ1) is 95.2. The molecule has 5 aromatic rings. The predicted molar refractivity (Wildman–Crippen MR) is 600 cm³/mol. The van der Waals surface area contributed by atoms with Crippen molar-refractivity contribution in [3.8, 4) is 22.3 Å². The van der Waals surface area contributed by atoms with Gasteiger partial charge in [0.2, 0.25) is 0 Å². The zero-order chi connectivity index (χ0) is 99.5. The van der Waals surface area contributed by atoms with Crippen LogP contribution in [0.3, 0.4) is 0 Å². The molecular weight excluding hydrogens is 1830 g/mol. The van der Waals surface area contributed by atoms with E-state index in [1.807, 2.05) is 42.5 Å². The third-order valence-corrected chi connectivity index (χ3v) is 38.0. The van der Waals surface area contributed by atoms with E-state index in [4.69, 9.17) is 9.47 Å². The molecule has 0 spiro atoms. The summed E-state index contributed by atoms with van der Waals surface area (Å²) in [7, 11) is 0. The highest BCUT2D eigenvalue weighted by molar-refractivity contribution is 8.04. The fourth-order valence-electron chi connectivity index (χ4n) is 28.9. The number of hydrogen-bond donors (Lipinski definition) is 0. The van der Waals surface area contributed by atoms with E-state index in [-0.39, 0.29) is 70.8 Å². The van der Waals surface area contributed by atoms with Gasteiger partial charge in [0, 0.05) is 83.3 Å². The Bertz CT molecular complexity index is 7300. The monoisotopic (exact) mass is 1960 g/mol. The molecule has 0 saturated heterocycles. The zero-order valence-corrected chi connectivity index (χ0v) is 86.2. The molecule has 5 aromatic carbocycles. The van der Waals surface area contributed by atoms with Crippen LogP contribution in [0.15, 0.2) is 470 Å². The topological polar surface area (TPSA) is 24.9 Å². The van der Waals surface area contributed by atoms with E-state index in [2.05, 4.69) is 317 Å². The van der Waals surface area contributed by atoms with E-state index >= 15 is 0 Å². The van der Waals surface area contributed by atoms with E-state index in [0.717, 1.165) is 174 Å². The van der Waals surface area contributed by atoms with Crippen molar-refractivity contribution < 1.29 is 27.0 Å². The van der Waals surface area contributed by atoms with E-state index in [1.165, 1.54) is 139 Å². The Morgan fingerprint density at radius 1 is 0.497 bits per heavy atom. The number of fused-ring (bicyclic) bond motifs is 8. The van der Waals surface area contributed by atoms with E-state index in [1.54, 1.807) is 41.5 Å². The van der Waals surface area contributed by atoms with Crippen molar-refractivity contribution in [1.29, 1.82) is 0 Å². The van der Waals surface area contributed by atoms with E-state index < -0.39 is 23.2 Å². The summed E-state index contributed by atoms with van der Waals surface area (Å²) in [6.45, 7) is 17.9. The second-order valence-electron chi connectivity index (χ2n) is 45.1. The highest BCUT2D eigenvalue weighted by Gasteiger charge is 2.55. The van der Waals surface area contributed by atoms with Crippen molar-refractivity contribution in [3.05, 3.63) is 503 Å². The second kappa shape index (κ2) is 39.7. The molecule has 18 atom stereocenters. The van der Waals surface area contributed by atoms with Crippen LogP contribution in [0.25, 0.3) is 33.4 Å². The summed E-state index contributed by atoms with van der Waals surface area (Å²) in [6, 6.07) is 42.1. The predicted octanol–water partition coefficient (Wildman–Crippen LogP) is 35.5. The van der Waals surface area contributed by atoms with Crippen LogP contribution in [0.1, 0.15) is 210 Å². The number of alkyl halides is 2. The van der Waals surface area contributed by atoms with E-state index in [9.17, 15) is 17.6 Å². The van der Waals surface area contributed by atoms with Crippen molar-refractivity contribution >= 4 is 28.6 Å². The number of thioether (sulfide) groups is 1. The molecule has 9 heteroatoms. The lowest BCUT2D eigenvalue weighted by Gasteiger charge is -2.44. The van der Waals surface area contributed by atoms with Gasteiger partial charge in [0.1, 0.15) is 42.0 Å². The molecule has 0 radical (unpaired) electrons. The van der Waals surface area contributed by atoms with Crippen LogP contribution in [-0.4, -0.2) is 46.8 Å². The van der Waals surface area contributed by atoms with Gasteiger partial charge in [-0.15, -0.1) is 24.9 Å². The van der Waals surface area contributed by atoms with Crippen LogP contribution in [0.5, 0.6) is 0 Å². The summed E-state index contributed by atoms with van der Waals surface area (Å²) in [4.78, 5) is 6.97. The van der Waals surface area contributed by atoms with Gasteiger partial charge in [-0.05, 0) is 401 Å². The van der Waals surface area contributed by atoms with Crippen LogP contribution >= 0.6 is 11.8 Å². The summed E-state index contributed by atoms with van der Waals surface area (Å²) in [6.07, 6.45) is 100. The average Bonchev–Trinajstić information content (AvgIpc) is 1.54. The lowest BCUT2D eigenvalue weighted by molar-refractivity contribution is 0.119. The van der Waals surface area contributed by atoms with Gasteiger partial charge in [-0.25, -0.2) is 17.6 Å². The molecule has 1 heterocycles. The number of ether oxygens (including phenoxy) is 2. The van der Waals surface area contributed by atoms with Crippen molar-refractivity contribution in [2.45, 2.75) is 229 Å². The largest absolute Gasteiger partial charge is 0.491 e. The van der Waals surface area contributed by atoms with Gasteiger partial charge in [-0.2, -0.15) is 0 Å². The van der Waals surface area contributed by atoms with Gasteiger partial charge in [0.05, 0.1) is 23.3 Å². The Morgan fingerprint density at radius 3 is 2.03 bits per heavy atom. The third kappa shape index (κ3) is 17.6. The first-order valence-electron chi connectivity index (χ1n) is 55.2. The Labute approximate surface area is 872 Å². The Balaban J connectivity index is 0.511. The number of allylic oxidation sites excluding steroid dienone is 51. The number of nitrogens with zero attached hydrogens (tertiary/aromatic N) is 2. The molecule has 18 unspecified atom stereocenters. The standard InChI is InChI=1S/C138H134F4N2O2S/c1-7-89-17-63-117(64-18-89)145-119-67-45-107(46-68-119)137(105-41-21-91(22-42-105)93-25-49-109(139)50-26-93)129-15-11-9-13-121(129)123-71-39-101(81-131(123)137)125-73-87(5)133(75-85(125)3)143(113-57-33-97(34-58-113)95-29-53-111(141)54-30-95)115-61-37-99-79-127-128-80-100-38-62-116(78-104(100)84-136(128)147-135(127)83-103(99)77-115)144(114-59-35-98(36-60-114)96-31-55-112(142)56-32-96)134-76-86(4)126(74-88(134)6)102-40-72-124-122-14-10-12-16-130(122)138(132(124)82-102,106-43-23-92(24-44-106)94-27-51-110(140)52-28-94)108-47-69-120(70-48-108)146-118-65-19-90(8-2)20-66-118/h7-9,11-13,15-17,19,21-22,25-27,29-35,37-39,41-43,47-49,51,53-55,57-63,65-67,69,71,74-75,79-82,84,86-87,89-90,92,98,103,107,109,112,115-117,120,128,136H,1-2,10,14,18,20,23-24,28,36,40,44-46,50,52,56,64,68,70,72-73,76-78,83H2,3-6H3. The number of benzene rings is 5. The summed E-state index contributed by atoms with van der Waals surface area (Å²) in [5.74, 6) is 4.36. The molecule has 0 amide bonds. The molecule has 0 fully saturated rings. The number of anilines is 1. The summed E-state index contributed by atoms with van der Waals surface area (Å²) in [5, 5.41) is 0.290. The Morgan fingerprint density at radius 2 is 1.29 bits per heavy atom. The van der Waals surface area contributed by atoms with Gasteiger partial charge >= 0.3 is 0 Å². The van der Waals surface area contributed by atoms with Gasteiger partial charge in [0.25, 0.3) is 0 Å². The summed E-state index contributed by atoms with van der Waals surface area (Å²) >= 11 is 2.13. The van der Waals surface area contributed by atoms with E-state index in [0.29, 0.717) is 42.9 Å². The molecule has 0 aromatic heterocycles. The fraction of sp³-hybridized carbons (Fsp3) is 0.333. The van der Waals surface area contributed by atoms with Crippen LogP contribution in [0.2, 0.25) is 0 Å². The minimum absolute atomic E-state index is 0.00670. The average molecular weight is 1960 g/mol. The maximum atomic E-state index is 14.7. The third-order valence-electron chi connectivity index (χ3n) is 36.6. The lowest BCUT2D eigenvalue weighted by atomic mass is 9.60. The van der Waals surface area contributed by atoms with Crippen molar-refractivity contribution in [3.63, 3.8) is 0 Å². The smallest absolute Gasteiger partial charge is 0.123 e. The normalized spacial score (nSPS) is 31.2. The highest BCUT2D eigenvalue weighted by Crippen LogP contribution is 2.67. The molecule has 742 valence electrons. The Hall–Kier alpha value is -12.7. The maximum absolute atomic E-state index is 14.7. The van der Waals surface area contributed by atoms with Crippen molar-refractivity contribution in [2.75, 3.05) is 4.90 Å². The molecule has 0 saturated carbocycles. The molecule has 0 N–H and O–H groups in total. The summed E-state index contributed by atoms with van der Waals surface area (Å²) < 4.78 is 72.1. The SMILES string of the molecule is C=CC1C=CC(OC2C=CC(C3(C4=CCC(C5=CC=C(F)CC5)CC4)C4=C(CCC=C4)C4=C3C=C(C3=CC(C)=C(N(C5=CCC(C6=CCC(F)C=C6)C=C5)C5C=CC6=CC7C8=C(CC9CC(N(C%10=CC(C)=C(c%11ccc%12c(c%11)C(c%11ccc(C%13=CCC(F)C=C%13)cc%11)(C%11CC=C(OC%13C=CC(C=C)CC%13)CC%11)c%11ccccc%11-%12)CC%10C)c%10ccc(-c%11ccc(F)cc%11)cc%10)C=CC9=C8)SC7C=C6C5)CC3C)CC4)=CC2)=CC1. The zero-order valence-electron chi connectivity index (χ0n) is 85.4. The molecule has 25 rings (SSSR count). The van der Waals surface area contributed by atoms with Gasteiger partial charge in [0.15, 0.2) is 0 Å². The molecule has 1 aliphatic heterocycles. The number of hydrogen-bond acceptors (Lipinski definition) is 5. The molecule has 19 aliphatic carbocycles. The van der Waals surface area contributed by atoms with Crippen LogP contribution in [-0.2, 0) is 14.9 Å². The van der Waals surface area contributed by atoms with Crippen molar-refractivity contribution in [2.24, 2.45) is 58.7 Å². The maximum Gasteiger partial charge on any atom is 0.123 e. The van der Waals surface area contributed by atoms with Crippen LogP contribution in [0, 0.1) is 64.5 Å². The first-order chi connectivity index (χ1) is 71.9. The van der Waals surface area contributed by atoms with Gasteiger partial charge in [-0.1, -0.05) is 268 Å². The van der Waals surface area contributed by atoms with Gasteiger partial charge in [-0.3, -0.25) is 0 Å². The van der Waals surface area contributed by atoms with Crippen LogP contribution < -0.4 is 4.90 Å². The molecule has 147 heavy (non-hydrogen) atoms. The minimum Gasteiger partial charge on any atom is -0.491 e. The first-order valence-corrected chi connectivity index (χ1v) is 56.1. The molecular formula is C138H134F4N2O2S. The Kier molecular flexibility index (Phi) is 25.8. The second-order valence-corrected chi connectivity index (χ2v) is 46.4. The fourth-order valence-corrected chi connectivity index (χ4v) is 30.5. The molecule has 20 aliphatic rings. The number of halogens is 4. The lowest BCUT2D eigenvalue weighted by Crippen LogP contribution is -2.39.